The first-order valence-corrected chi connectivity index (χ1v) is 12.8. The smallest absolute Gasteiger partial charge is 0.246 e. The Morgan fingerprint density at radius 1 is 1.26 bits per heavy atom. The van der Waals surface area contributed by atoms with Crippen molar-refractivity contribution in [2.45, 2.75) is 31.7 Å². The van der Waals surface area contributed by atoms with Crippen molar-refractivity contribution in [1.82, 2.24) is 25.1 Å². The number of benzene rings is 1. The maximum atomic E-state index is 14.0. The second-order valence-electron chi connectivity index (χ2n) is 9.46. The van der Waals surface area contributed by atoms with Crippen LogP contribution in [0.25, 0.3) is 0 Å². The summed E-state index contributed by atoms with van der Waals surface area (Å²) in [4.78, 5) is 36.4. The Bertz CT molecular complexity index is 1240. The predicted molar refractivity (Wildman–Crippen MR) is 149 cm³/mol. The van der Waals surface area contributed by atoms with E-state index in [1.807, 2.05) is 19.0 Å². The Morgan fingerprint density at radius 3 is 2.74 bits per heavy atom. The second kappa shape index (κ2) is 14.7. The summed E-state index contributed by atoms with van der Waals surface area (Å²) in [6, 6.07) is 4.90. The summed E-state index contributed by atoms with van der Waals surface area (Å²) in [5, 5.41) is 9.20. The SMILES string of the molecule is COc1ccc(Nc2ncc(C#CCCCNC(=O)CN(C)C(=O)/C=C/CN(C)C)c(NC3CC3)n2)cc1F. The number of amides is 2. The van der Waals surface area contributed by atoms with Crippen LogP contribution in [0.3, 0.4) is 0 Å². The summed E-state index contributed by atoms with van der Waals surface area (Å²) in [5.74, 6) is 6.41. The van der Waals surface area contributed by atoms with Gasteiger partial charge in [-0.25, -0.2) is 9.37 Å². The zero-order chi connectivity index (χ0) is 28.2. The summed E-state index contributed by atoms with van der Waals surface area (Å²) < 4.78 is 19.0. The van der Waals surface area contributed by atoms with Gasteiger partial charge in [-0.15, -0.1) is 0 Å². The van der Waals surface area contributed by atoms with Crippen molar-refractivity contribution < 1.29 is 18.7 Å². The van der Waals surface area contributed by atoms with Gasteiger partial charge in [-0.2, -0.15) is 4.98 Å². The molecule has 0 saturated heterocycles. The van der Waals surface area contributed by atoms with Crippen molar-refractivity contribution in [2.75, 3.05) is 58.5 Å². The molecular formula is C28H36FN7O3. The fourth-order valence-electron chi connectivity index (χ4n) is 3.34. The Balaban J connectivity index is 1.48. The molecule has 0 atom stereocenters. The molecule has 1 fully saturated rings. The number of ether oxygens (including phenoxy) is 1. The molecule has 2 amide bonds. The normalized spacial score (nSPS) is 12.6. The van der Waals surface area contributed by atoms with E-state index in [2.05, 4.69) is 37.8 Å². The monoisotopic (exact) mass is 537 g/mol. The van der Waals surface area contributed by atoms with Crippen LogP contribution in [0.2, 0.25) is 0 Å². The number of carbonyl (C=O) groups is 2. The lowest BCUT2D eigenvalue weighted by Crippen LogP contribution is -2.38. The minimum atomic E-state index is -0.481. The molecule has 0 radical (unpaired) electrons. The molecule has 0 bridgehead atoms. The molecule has 2 aromatic rings. The molecule has 1 saturated carbocycles. The third-order valence-corrected chi connectivity index (χ3v) is 5.63. The average Bonchev–Trinajstić information content (AvgIpc) is 3.71. The van der Waals surface area contributed by atoms with Crippen LogP contribution in [0, 0.1) is 17.7 Å². The molecule has 0 unspecified atom stereocenters. The van der Waals surface area contributed by atoms with Gasteiger partial charge in [0, 0.05) is 50.4 Å². The van der Waals surface area contributed by atoms with Crippen molar-refractivity contribution in [3.05, 3.63) is 47.9 Å². The summed E-state index contributed by atoms with van der Waals surface area (Å²) in [7, 11) is 6.84. The van der Waals surface area contributed by atoms with Crippen LogP contribution in [0.4, 0.5) is 21.8 Å². The number of hydrogen-bond acceptors (Lipinski definition) is 8. The van der Waals surface area contributed by atoms with Crippen LogP contribution in [-0.2, 0) is 9.59 Å². The number of halogens is 1. The first-order chi connectivity index (χ1) is 18.7. The molecule has 0 spiro atoms. The van der Waals surface area contributed by atoms with E-state index < -0.39 is 5.82 Å². The second-order valence-corrected chi connectivity index (χ2v) is 9.46. The van der Waals surface area contributed by atoms with Gasteiger partial charge in [-0.3, -0.25) is 9.59 Å². The Labute approximate surface area is 229 Å². The first-order valence-electron chi connectivity index (χ1n) is 12.8. The van der Waals surface area contributed by atoms with Crippen LogP contribution in [0.1, 0.15) is 31.2 Å². The highest BCUT2D eigenvalue weighted by atomic mass is 19.1. The number of carbonyl (C=O) groups excluding carboxylic acids is 2. The molecule has 11 heteroatoms. The van der Waals surface area contributed by atoms with Gasteiger partial charge in [0.25, 0.3) is 0 Å². The molecule has 10 nitrogen and oxygen atoms in total. The van der Waals surface area contributed by atoms with Gasteiger partial charge in [0.05, 0.1) is 25.4 Å². The lowest BCUT2D eigenvalue weighted by Gasteiger charge is -2.14. The topological polar surface area (TPSA) is 112 Å². The molecule has 1 aliphatic carbocycles. The van der Waals surface area contributed by atoms with Crippen LogP contribution in [-0.4, -0.2) is 85.5 Å². The maximum Gasteiger partial charge on any atom is 0.246 e. The number of rotatable bonds is 13. The van der Waals surface area contributed by atoms with Crippen molar-refractivity contribution >= 4 is 29.3 Å². The minimum Gasteiger partial charge on any atom is -0.494 e. The summed E-state index contributed by atoms with van der Waals surface area (Å²) >= 11 is 0. The molecule has 3 rings (SSSR count). The fraction of sp³-hybridized carbons (Fsp3) is 0.429. The highest BCUT2D eigenvalue weighted by molar-refractivity contribution is 5.91. The number of unbranched alkanes of at least 4 members (excludes halogenated alkanes) is 1. The number of nitrogens with zero attached hydrogens (tertiary/aromatic N) is 4. The molecule has 208 valence electrons. The Kier molecular flexibility index (Phi) is 11.1. The van der Waals surface area contributed by atoms with Crippen molar-refractivity contribution in [2.24, 2.45) is 0 Å². The lowest BCUT2D eigenvalue weighted by atomic mass is 10.2. The quantitative estimate of drug-likeness (QED) is 0.203. The first kappa shape index (κ1) is 29.4. The van der Waals surface area contributed by atoms with Crippen molar-refractivity contribution in [3.63, 3.8) is 0 Å². The van der Waals surface area contributed by atoms with E-state index in [0.29, 0.717) is 55.0 Å². The van der Waals surface area contributed by atoms with Gasteiger partial charge < -0.3 is 30.5 Å². The van der Waals surface area contributed by atoms with Gasteiger partial charge in [0.1, 0.15) is 5.82 Å². The van der Waals surface area contributed by atoms with E-state index in [4.69, 9.17) is 4.74 Å². The number of aromatic nitrogens is 2. The third-order valence-electron chi connectivity index (χ3n) is 5.63. The maximum absolute atomic E-state index is 14.0. The summed E-state index contributed by atoms with van der Waals surface area (Å²) in [5.41, 5.74) is 1.17. The molecule has 1 heterocycles. The molecule has 1 aromatic heterocycles. The number of hydrogen-bond donors (Lipinski definition) is 3. The highest BCUT2D eigenvalue weighted by Crippen LogP contribution is 2.27. The molecule has 39 heavy (non-hydrogen) atoms. The van der Waals surface area contributed by atoms with Crippen LogP contribution < -0.4 is 20.7 Å². The number of methoxy groups -OCH3 is 1. The Morgan fingerprint density at radius 2 is 2.05 bits per heavy atom. The van der Waals surface area contributed by atoms with Gasteiger partial charge in [0.2, 0.25) is 17.8 Å². The highest BCUT2D eigenvalue weighted by Gasteiger charge is 2.23. The largest absolute Gasteiger partial charge is 0.494 e. The van der Waals surface area contributed by atoms with E-state index in [0.717, 1.165) is 12.8 Å². The fourth-order valence-corrected chi connectivity index (χ4v) is 3.34. The predicted octanol–water partition coefficient (Wildman–Crippen LogP) is 2.77. The number of nitrogens with one attached hydrogen (secondary N) is 3. The van der Waals surface area contributed by atoms with Crippen molar-refractivity contribution in [1.29, 1.82) is 0 Å². The van der Waals surface area contributed by atoms with E-state index >= 15 is 0 Å². The third kappa shape index (κ3) is 10.2. The molecule has 1 aliphatic rings. The van der Waals surface area contributed by atoms with E-state index in [1.54, 1.807) is 25.4 Å². The lowest BCUT2D eigenvalue weighted by molar-refractivity contribution is -0.131. The molecule has 0 aliphatic heterocycles. The van der Waals surface area contributed by atoms with Crippen LogP contribution >= 0.6 is 0 Å². The van der Waals surface area contributed by atoms with E-state index in [-0.39, 0.29) is 24.1 Å². The minimum absolute atomic E-state index is 0.00605. The number of likely N-dealkylation sites (N-methyl/N-ethyl adjacent to an activating group) is 2. The molecule has 3 N–H and O–H groups in total. The molecular weight excluding hydrogens is 501 g/mol. The van der Waals surface area contributed by atoms with Gasteiger partial charge >= 0.3 is 0 Å². The van der Waals surface area contributed by atoms with Gasteiger partial charge in [-0.05, 0) is 45.5 Å². The number of anilines is 3. The van der Waals surface area contributed by atoms with E-state index in [1.165, 1.54) is 30.2 Å². The van der Waals surface area contributed by atoms with Gasteiger partial charge in [-0.1, -0.05) is 17.9 Å². The standard InChI is InChI=1S/C28H36FN7O3/c1-35(2)16-8-10-26(38)36(3)19-25(37)30-15-7-5-6-9-20-18-31-28(34-27(20)32-21-11-12-21)33-22-13-14-24(39-4)23(29)17-22/h8,10,13-14,17-18,21H,5,7,11-12,15-16,19H2,1-4H3,(H,30,37)(H2,31,32,33,34)/b10-8+. The van der Waals surface area contributed by atoms with Gasteiger partial charge in [0.15, 0.2) is 11.6 Å². The molecule has 1 aromatic carbocycles. The van der Waals surface area contributed by atoms with Crippen LogP contribution in [0.5, 0.6) is 5.75 Å². The Hall–Kier alpha value is -4.17. The van der Waals surface area contributed by atoms with E-state index in [9.17, 15) is 14.0 Å². The van der Waals surface area contributed by atoms with Crippen molar-refractivity contribution in [3.8, 4) is 17.6 Å². The average molecular weight is 538 g/mol. The summed E-state index contributed by atoms with van der Waals surface area (Å²) in [6.45, 7) is 1.11. The summed E-state index contributed by atoms with van der Waals surface area (Å²) in [6.07, 6.45) is 8.23. The zero-order valence-electron chi connectivity index (χ0n) is 22.9. The van der Waals surface area contributed by atoms with Crippen LogP contribution in [0.15, 0.2) is 36.5 Å². The zero-order valence-corrected chi connectivity index (χ0v) is 22.9.